The number of hydrogen-bond donors (Lipinski definition) is 0. The predicted octanol–water partition coefficient (Wildman–Crippen LogP) is 7.98. The molecule has 0 aliphatic heterocycles. The summed E-state index contributed by atoms with van der Waals surface area (Å²) in [5.41, 5.74) is 6.33. The van der Waals surface area contributed by atoms with Crippen LogP contribution in [0.2, 0.25) is 0 Å². The Kier molecular flexibility index (Phi) is 7.61. The van der Waals surface area contributed by atoms with Crippen LogP contribution in [-0.4, -0.2) is 21.9 Å². The highest BCUT2D eigenvalue weighted by Crippen LogP contribution is 2.28. The molecule has 5 aromatic rings. The smallest absolute Gasteiger partial charge is 0.256 e. The molecule has 3 nitrogen and oxygen atoms in total. The van der Waals surface area contributed by atoms with E-state index in [2.05, 4.69) is 79.7 Å². The molecule has 3 heteroatoms. The minimum atomic E-state index is 0.0431. The zero-order valence-electron chi connectivity index (χ0n) is 21.2. The van der Waals surface area contributed by atoms with E-state index in [-0.39, 0.29) is 11.8 Å². The van der Waals surface area contributed by atoms with Gasteiger partial charge in [0.1, 0.15) is 0 Å². The van der Waals surface area contributed by atoms with E-state index >= 15 is 0 Å². The molecule has 1 amide bonds. The molecule has 0 bridgehead atoms. The lowest BCUT2D eigenvalue weighted by molar-refractivity contribution is 0.0731. The molecule has 0 saturated heterocycles. The van der Waals surface area contributed by atoms with Gasteiger partial charge in [-0.05, 0) is 52.9 Å². The van der Waals surface area contributed by atoms with E-state index in [0.717, 1.165) is 28.8 Å². The number of aromatic nitrogens is 1. The second-order valence-electron chi connectivity index (χ2n) is 9.33. The van der Waals surface area contributed by atoms with E-state index in [1.165, 1.54) is 5.56 Å². The zero-order valence-corrected chi connectivity index (χ0v) is 21.2. The van der Waals surface area contributed by atoms with E-state index in [1.807, 2.05) is 70.4 Å². The summed E-state index contributed by atoms with van der Waals surface area (Å²) in [7, 11) is 0. The Bertz CT molecular complexity index is 1430. The number of benzene rings is 4. The molecule has 4 aromatic carbocycles. The van der Waals surface area contributed by atoms with Crippen LogP contribution in [0.25, 0.3) is 16.8 Å². The lowest BCUT2D eigenvalue weighted by atomic mass is 9.94. The summed E-state index contributed by atoms with van der Waals surface area (Å²) in [6, 6.07) is 41.2. The Balaban J connectivity index is 1.55. The van der Waals surface area contributed by atoms with Crippen LogP contribution in [0.1, 0.15) is 40.7 Å². The number of para-hydroxylation sites is 1. The Labute approximate surface area is 219 Å². The van der Waals surface area contributed by atoms with Gasteiger partial charge in [0.2, 0.25) is 0 Å². The first-order valence-electron chi connectivity index (χ1n) is 12.9. The third-order valence-electron chi connectivity index (χ3n) is 6.97. The lowest BCUT2D eigenvalue weighted by Gasteiger charge is -2.29. The van der Waals surface area contributed by atoms with Crippen molar-refractivity contribution in [3.8, 4) is 16.8 Å². The van der Waals surface area contributed by atoms with Crippen LogP contribution in [0.5, 0.6) is 0 Å². The highest BCUT2D eigenvalue weighted by atomic mass is 16.2. The number of rotatable bonds is 9. The number of carbonyl (C=O) groups excluding carboxylic acids is 1. The molecule has 184 valence electrons. The summed E-state index contributed by atoms with van der Waals surface area (Å²) in [6.07, 6.45) is 4.92. The third-order valence-corrected chi connectivity index (χ3v) is 6.97. The molecule has 0 N–H and O–H groups in total. The largest absolute Gasteiger partial charge is 0.334 e. The summed E-state index contributed by atoms with van der Waals surface area (Å²) in [4.78, 5) is 16.3. The van der Waals surface area contributed by atoms with Crippen LogP contribution in [0.4, 0.5) is 0 Å². The van der Waals surface area contributed by atoms with E-state index in [9.17, 15) is 4.79 Å². The van der Waals surface area contributed by atoms with Gasteiger partial charge in [0.25, 0.3) is 5.91 Å². The summed E-state index contributed by atoms with van der Waals surface area (Å²) < 4.78 is 2.01. The Morgan fingerprint density at radius 1 is 0.730 bits per heavy atom. The van der Waals surface area contributed by atoms with Crippen LogP contribution in [0.15, 0.2) is 134 Å². The van der Waals surface area contributed by atoms with E-state index in [4.69, 9.17) is 0 Å². The maximum Gasteiger partial charge on any atom is 0.256 e. The fourth-order valence-corrected chi connectivity index (χ4v) is 4.99. The number of carbonyl (C=O) groups is 1. The van der Waals surface area contributed by atoms with Gasteiger partial charge in [-0.15, -0.1) is 0 Å². The van der Waals surface area contributed by atoms with Crippen LogP contribution in [0, 0.1) is 0 Å². The Morgan fingerprint density at radius 2 is 1.35 bits per heavy atom. The zero-order chi connectivity index (χ0) is 25.5. The third kappa shape index (κ3) is 5.57. The van der Waals surface area contributed by atoms with Crippen molar-refractivity contribution in [1.29, 1.82) is 0 Å². The second-order valence-corrected chi connectivity index (χ2v) is 9.33. The molecule has 0 aliphatic carbocycles. The Morgan fingerprint density at radius 3 is 2.08 bits per heavy atom. The van der Waals surface area contributed by atoms with E-state index < -0.39 is 0 Å². The molecule has 1 heterocycles. The van der Waals surface area contributed by atoms with Gasteiger partial charge >= 0.3 is 0 Å². The van der Waals surface area contributed by atoms with E-state index in [0.29, 0.717) is 18.7 Å². The second kappa shape index (κ2) is 11.6. The molecule has 1 unspecified atom stereocenters. The van der Waals surface area contributed by atoms with Crippen LogP contribution in [-0.2, 0) is 6.54 Å². The molecule has 0 saturated carbocycles. The fourth-order valence-electron chi connectivity index (χ4n) is 4.99. The van der Waals surface area contributed by atoms with Gasteiger partial charge in [0.05, 0.1) is 11.3 Å². The number of hydrogen-bond acceptors (Lipinski definition) is 1. The summed E-state index contributed by atoms with van der Waals surface area (Å²) in [5.74, 6) is 0.286. The minimum Gasteiger partial charge on any atom is -0.334 e. The van der Waals surface area contributed by atoms with Gasteiger partial charge in [-0.25, -0.2) is 0 Å². The van der Waals surface area contributed by atoms with Crippen molar-refractivity contribution in [3.63, 3.8) is 0 Å². The normalized spacial score (nSPS) is 11.7. The molecule has 1 aromatic heterocycles. The maximum atomic E-state index is 14.3. The highest BCUT2D eigenvalue weighted by molar-refractivity contribution is 5.98. The van der Waals surface area contributed by atoms with Gasteiger partial charge in [-0.2, -0.15) is 0 Å². The molecule has 1 atom stereocenters. The van der Waals surface area contributed by atoms with Crippen LogP contribution >= 0.6 is 0 Å². The lowest BCUT2D eigenvalue weighted by Crippen LogP contribution is -2.35. The van der Waals surface area contributed by atoms with Gasteiger partial charge in [-0.3, -0.25) is 4.79 Å². The quantitative estimate of drug-likeness (QED) is 0.208. The topological polar surface area (TPSA) is 25.2 Å². The standard InChI is InChI=1S/C34H32N2O/c1-2-27(28-15-5-3-6-16-28)25-36(26-30-19-9-10-20-31(30)29-17-7-4-8-18-29)34(37)32-21-11-12-22-33(32)35-23-13-14-24-35/h3-24,27H,2,25-26H2,1H3. The minimum absolute atomic E-state index is 0.0431. The van der Waals surface area contributed by atoms with Crippen molar-refractivity contribution in [2.45, 2.75) is 25.8 Å². The average Bonchev–Trinajstić information content (AvgIpc) is 3.51. The molecule has 37 heavy (non-hydrogen) atoms. The van der Waals surface area contributed by atoms with Crippen molar-refractivity contribution < 1.29 is 4.79 Å². The molecular formula is C34H32N2O. The summed E-state index contributed by atoms with van der Waals surface area (Å²) in [5, 5.41) is 0. The average molecular weight is 485 g/mol. The van der Waals surface area contributed by atoms with Crippen LogP contribution in [0.3, 0.4) is 0 Å². The molecule has 0 radical (unpaired) electrons. The van der Waals surface area contributed by atoms with Crippen molar-refractivity contribution in [2.24, 2.45) is 0 Å². The number of amides is 1. The first kappa shape index (κ1) is 24.3. The van der Waals surface area contributed by atoms with Gasteiger partial charge in [0, 0.05) is 31.4 Å². The van der Waals surface area contributed by atoms with Crippen molar-refractivity contribution >= 4 is 5.91 Å². The van der Waals surface area contributed by atoms with E-state index in [1.54, 1.807) is 0 Å². The number of nitrogens with zero attached hydrogens (tertiary/aromatic N) is 2. The monoisotopic (exact) mass is 484 g/mol. The predicted molar refractivity (Wildman–Crippen MR) is 152 cm³/mol. The van der Waals surface area contributed by atoms with Crippen molar-refractivity contribution in [1.82, 2.24) is 9.47 Å². The molecule has 0 aliphatic rings. The Hall–Kier alpha value is -4.37. The fraction of sp³-hybridized carbons (Fsp3) is 0.147. The molecule has 5 rings (SSSR count). The van der Waals surface area contributed by atoms with Crippen LogP contribution < -0.4 is 0 Å². The molecular weight excluding hydrogens is 452 g/mol. The maximum absolute atomic E-state index is 14.3. The highest BCUT2D eigenvalue weighted by Gasteiger charge is 2.24. The summed E-state index contributed by atoms with van der Waals surface area (Å²) >= 11 is 0. The molecule has 0 spiro atoms. The summed E-state index contributed by atoms with van der Waals surface area (Å²) in [6.45, 7) is 3.38. The SMILES string of the molecule is CCC(CN(Cc1ccccc1-c1ccccc1)C(=O)c1ccccc1-n1cccc1)c1ccccc1. The van der Waals surface area contributed by atoms with Gasteiger partial charge < -0.3 is 9.47 Å². The van der Waals surface area contributed by atoms with Crippen molar-refractivity contribution in [3.05, 3.63) is 150 Å². The van der Waals surface area contributed by atoms with Gasteiger partial charge in [0.15, 0.2) is 0 Å². The van der Waals surface area contributed by atoms with Gasteiger partial charge in [-0.1, -0.05) is 104 Å². The molecule has 0 fully saturated rings. The van der Waals surface area contributed by atoms with Crippen molar-refractivity contribution in [2.75, 3.05) is 6.54 Å². The first-order chi connectivity index (χ1) is 18.2. The first-order valence-corrected chi connectivity index (χ1v) is 12.9.